The van der Waals surface area contributed by atoms with Gasteiger partial charge in [-0.2, -0.15) is 0 Å². The molecule has 7 atom stereocenters. The Morgan fingerprint density at radius 1 is 1.26 bits per heavy atom. The number of carbonyl (C=O) groups excluding carboxylic acids is 1. The van der Waals surface area contributed by atoms with Gasteiger partial charge in [0.15, 0.2) is 0 Å². The Labute approximate surface area is 184 Å². The van der Waals surface area contributed by atoms with Crippen molar-refractivity contribution in [2.24, 2.45) is 29.1 Å². The molecule has 2 rings (SSSR count). The molecule has 1 unspecified atom stereocenters. The maximum Gasteiger partial charge on any atom is 0.330 e. The van der Waals surface area contributed by atoms with Gasteiger partial charge in [-0.05, 0) is 57.3 Å². The van der Waals surface area contributed by atoms with E-state index in [0.29, 0.717) is 6.42 Å². The summed E-state index contributed by atoms with van der Waals surface area (Å²) in [6.45, 7) is 7.66. The van der Waals surface area contributed by atoms with Gasteiger partial charge in [-0.15, -0.1) is 0 Å². The predicted molar refractivity (Wildman–Crippen MR) is 115 cm³/mol. The number of hydrogen-bond donors (Lipinski definition) is 3. The molecule has 0 amide bonds. The van der Waals surface area contributed by atoms with Crippen molar-refractivity contribution < 1.29 is 38.5 Å². The summed E-state index contributed by atoms with van der Waals surface area (Å²) in [6.07, 6.45) is 4.57. The van der Waals surface area contributed by atoms with Crippen LogP contribution in [0.5, 0.6) is 0 Å². The fourth-order valence-corrected chi connectivity index (χ4v) is 5.65. The molecule has 0 radical (unpaired) electrons. The molecule has 31 heavy (non-hydrogen) atoms. The van der Waals surface area contributed by atoms with E-state index in [1.54, 1.807) is 0 Å². The summed E-state index contributed by atoms with van der Waals surface area (Å²) < 4.78 is 23.8. The van der Waals surface area contributed by atoms with Crippen LogP contribution in [0.1, 0.15) is 59.8 Å². The largest absolute Gasteiger partial charge is 0.481 e. The summed E-state index contributed by atoms with van der Waals surface area (Å²) in [5.74, 6) is -1.36. The van der Waals surface area contributed by atoms with Crippen LogP contribution >= 0.6 is 7.60 Å². The number of allylic oxidation sites excluding steroid dienone is 2. The predicted octanol–water partition coefficient (Wildman–Crippen LogP) is 3.61. The topological polar surface area (TPSA) is 130 Å². The first-order valence-electron chi connectivity index (χ1n) is 11.1. The van der Waals surface area contributed by atoms with Crippen LogP contribution in [0.15, 0.2) is 12.2 Å². The summed E-state index contributed by atoms with van der Waals surface area (Å²) in [5.41, 5.74) is -0.573. The molecule has 0 aromatic rings. The van der Waals surface area contributed by atoms with Crippen molar-refractivity contribution in [3.8, 4) is 0 Å². The number of rotatable bonds is 10. The zero-order chi connectivity index (χ0) is 23.4. The molecule has 1 saturated carbocycles. The second-order valence-corrected chi connectivity index (χ2v) is 11.5. The summed E-state index contributed by atoms with van der Waals surface area (Å²) >= 11 is 0. The Morgan fingerprint density at radius 3 is 2.55 bits per heavy atom. The number of carbonyl (C=O) groups is 2. The second kappa shape index (κ2) is 10.6. The molecule has 0 aromatic heterocycles. The van der Waals surface area contributed by atoms with Gasteiger partial charge >= 0.3 is 19.5 Å². The van der Waals surface area contributed by atoms with Crippen molar-refractivity contribution in [1.82, 2.24) is 0 Å². The average Bonchev–Trinajstić information content (AvgIpc) is 2.66. The molecule has 2 aliphatic rings. The Bertz CT molecular complexity index is 718. The summed E-state index contributed by atoms with van der Waals surface area (Å²) in [5, 5.41) is 18.4. The lowest BCUT2D eigenvalue weighted by molar-refractivity contribution is -0.168. The van der Waals surface area contributed by atoms with Crippen LogP contribution in [-0.2, 0) is 23.4 Å². The van der Waals surface area contributed by atoms with E-state index < -0.39 is 37.7 Å². The normalized spacial score (nSPS) is 31.4. The van der Waals surface area contributed by atoms with Crippen LogP contribution in [-0.4, -0.2) is 52.0 Å². The zero-order valence-corrected chi connectivity index (χ0v) is 19.8. The number of aliphatic hydroxyl groups excluding tert-OH is 1. The van der Waals surface area contributed by atoms with Crippen molar-refractivity contribution in [3.63, 3.8) is 0 Å². The van der Waals surface area contributed by atoms with Gasteiger partial charge in [0, 0.05) is 5.92 Å². The number of aliphatic carboxylic acids is 1. The van der Waals surface area contributed by atoms with Crippen LogP contribution in [0.3, 0.4) is 0 Å². The van der Waals surface area contributed by atoms with Crippen LogP contribution in [0.2, 0.25) is 0 Å². The van der Waals surface area contributed by atoms with Crippen LogP contribution < -0.4 is 0 Å². The Kier molecular flexibility index (Phi) is 8.91. The van der Waals surface area contributed by atoms with Crippen molar-refractivity contribution in [3.05, 3.63) is 12.2 Å². The number of fused-ring (bicyclic) bond motifs is 1. The van der Waals surface area contributed by atoms with Crippen molar-refractivity contribution in [2.75, 3.05) is 12.8 Å². The van der Waals surface area contributed by atoms with E-state index >= 15 is 0 Å². The van der Waals surface area contributed by atoms with Gasteiger partial charge in [-0.3, -0.25) is 14.2 Å². The fourth-order valence-electron chi connectivity index (χ4n) is 4.47. The molecule has 0 aliphatic heterocycles. The number of hydrogen-bond acceptors (Lipinski definition) is 6. The minimum absolute atomic E-state index is 0.0192. The second-order valence-electron chi connectivity index (χ2n) is 9.63. The van der Waals surface area contributed by atoms with Gasteiger partial charge in [0.25, 0.3) is 0 Å². The van der Waals surface area contributed by atoms with Crippen LogP contribution in [0.4, 0.5) is 0 Å². The number of esters is 1. The quantitative estimate of drug-likeness (QED) is 0.256. The maximum atomic E-state index is 12.7. The number of carboxylic acid groups (broad SMARTS) is 1. The first kappa shape index (κ1) is 26.0. The highest BCUT2D eigenvalue weighted by molar-refractivity contribution is 7.52. The minimum Gasteiger partial charge on any atom is -0.481 e. The van der Waals surface area contributed by atoms with Crippen LogP contribution in [0, 0.1) is 29.1 Å². The lowest BCUT2D eigenvalue weighted by Gasteiger charge is -2.45. The molecular weight excluding hydrogens is 423 g/mol. The van der Waals surface area contributed by atoms with E-state index in [-0.39, 0.29) is 42.4 Å². The molecule has 9 heteroatoms. The van der Waals surface area contributed by atoms with E-state index in [2.05, 4.69) is 12.2 Å². The van der Waals surface area contributed by atoms with E-state index in [1.165, 1.54) is 0 Å². The molecular formula is C22H37O8P. The van der Waals surface area contributed by atoms with Crippen LogP contribution in [0.25, 0.3) is 0 Å². The van der Waals surface area contributed by atoms with Crippen molar-refractivity contribution >= 4 is 19.5 Å². The third-order valence-electron chi connectivity index (χ3n) is 6.80. The fraction of sp³-hybridized carbons (Fsp3) is 0.818. The lowest BCUT2D eigenvalue weighted by atomic mass is 9.64. The van der Waals surface area contributed by atoms with Gasteiger partial charge in [-0.25, -0.2) is 0 Å². The monoisotopic (exact) mass is 460 g/mol. The summed E-state index contributed by atoms with van der Waals surface area (Å²) in [7, 11) is -4.17. The third-order valence-corrected chi connectivity index (χ3v) is 8.23. The molecule has 2 aliphatic carbocycles. The number of ether oxygens (including phenoxy) is 1. The summed E-state index contributed by atoms with van der Waals surface area (Å²) in [6, 6.07) is 0. The third kappa shape index (κ3) is 7.14. The smallest absolute Gasteiger partial charge is 0.330 e. The zero-order valence-electron chi connectivity index (χ0n) is 18.9. The molecule has 0 aromatic carbocycles. The van der Waals surface area contributed by atoms with Crippen molar-refractivity contribution in [1.29, 1.82) is 0 Å². The van der Waals surface area contributed by atoms with E-state index in [0.717, 1.165) is 19.3 Å². The maximum absolute atomic E-state index is 12.7. The van der Waals surface area contributed by atoms with E-state index in [4.69, 9.17) is 14.4 Å². The SMILES string of the molecule is CCC(C)(C)C(=O)O[C@H]1CCC[C@@H]2C=C[C@H](C)[C@H](COP(=O)(O)C[C@@H](O)CC(=O)O)[C@@H]12. The Morgan fingerprint density at radius 2 is 1.94 bits per heavy atom. The van der Waals surface area contributed by atoms with Gasteiger partial charge < -0.3 is 24.4 Å². The Hall–Kier alpha value is -1.21. The molecule has 0 bridgehead atoms. The molecule has 3 N–H and O–H groups in total. The molecule has 0 heterocycles. The lowest BCUT2D eigenvalue weighted by Crippen LogP contribution is -2.46. The number of carboxylic acids is 1. The first-order valence-corrected chi connectivity index (χ1v) is 12.9. The molecule has 8 nitrogen and oxygen atoms in total. The van der Waals surface area contributed by atoms with E-state index in [1.807, 2.05) is 27.7 Å². The Balaban J connectivity index is 2.11. The van der Waals surface area contributed by atoms with Gasteiger partial charge in [0.05, 0.1) is 30.7 Å². The van der Waals surface area contributed by atoms with Gasteiger partial charge in [0.1, 0.15) is 6.10 Å². The van der Waals surface area contributed by atoms with E-state index in [9.17, 15) is 24.2 Å². The molecule has 178 valence electrons. The molecule has 0 saturated heterocycles. The van der Waals surface area contributed by atoms with Gasteiger partial charge in [-0.1, -0.05) is 26.0 Å². The highest BCUT2D eigenvalue weighted by Crippen LogP contribution is 2.49. The number of aliphatic hydroxyl groups is 1. The average molecular weight is 461 g/mol. The summed E-state index contributed by atoms with van der Waals surface area (Å²) in [4.78, 5) is 33.6. The minimum atomic E-state index is -4.17. The molecule has 1 fully saturated rings. The van der Waals surface area contributed by atoms with Gasteiger partial charge in [0.2, 0.25) is 0 Å². The first-order chi connectivity index (χ1) is 14.4. The standard InChI is InChI=1S/C22H37O8P/c1-5-22(3,4)21(26)30-18-8-6-7-15-10-9-14(2)17(20(15)18)12-29-31(27,28)13-16(23)11-19(24)25/h9-10,14-18,20,23H,5-8,11-13H2,1-4H3,(H,24,25)(H,27,28)/t14-,15+,16-,17-,18-,20-/m0/s1. The molecule has 0 spiro atoms. The highest BCUT2D eigenvalue weighted by atomic mass is 31.2. The highest BCUT2D eigenvalue weighted by Gasteiger charge is 2.45. The van der Waals surface area contributed by atoms with Crippen molar-refractivity contribution in [2.45, 2.75) is 72.0 Å².